The number of nitrogens with zero attached hydrogens (tertiary/aromatic N) is 1. The Balaban J connectivity index is 1.81. The minimum absolute atomic E-state index is 0.150. The Morgan fingerprint density at radius 3 is 1.66 bits per heavy atom. The van der Waals surface area contributed by atoms with Crippen molar-refractivity contribution in [3.8, 4) is 0 Å². The molecule has 1 atom stereocenters. The molecule has 0 amide bonds. The molecule has 0 aliphatic carbocycles. The second-order valence-electron chi connectivity index (χ2n) is 11.3. The van der Waals surface area contributed by atoms with Gasteiger partial charge in [0.25, 0.3) is 0 Å². The van der Waals surface area contributed by atoms with Gasteiger partial charge in [0.05, 0.1) is 39.9 Å². The number of rotatable bonds is 23. The maximum atomic E-state index is 12.1. The standard InChI is InChI=1S/C29H58NO4P/c1-4-5-6-7-8-9-10-11-12-13-14-15-16-17-18-19-20-21-22-23-28-33-35(31,32)34-29-24-26-30(2,3)27-25-29/h11-12,29H,4-10,13-28H2,1-3H3/p+1. The van der Waals surface area contributed by atoms with Crippen molar-refractivity contribution < 1.29 is 23.0 Å². The first-order valence-corrected chi connectivity index (χ1v) is 16.5. The molecule has 1 heterocycles. The predicted octanol–water partition coefficient (Wildman–Crippen LogP) is 8.96. The van der Waals surface area contributed by atoms with Crippen LogP contribution >= 0.6 is 7.82 Å². The predicted molar refractivity (Wildman–Crippen MR) is 150 cm³/mol. The van der Waals surface area contributed by atoms with Gasteiger partial charge in [-0.3, -0.25) is 9.05 Å². The first-order valence-electron chi connectivity index (χ1n) is 15.0. The second kappa shape index (κ2) is 20.8. The zero-order valence-corrected chi connectivity index (χ0v) is 24.5. The minimum atomic E-state index is -3.91. The fraction of sp³-hybridized carbons (Fsp3) is 0.931. The molecule has 1 rings (SSSR count). The number of piperidine rings is 1. The Labute approximate surface area is 218 Å². The first-order chi connectivity index (χ1) is 16.8. The van der Waals surface area contributed by atoms with Crippen LogP contribution in [0.2, 0.25) is 0 Å². The summed E-state index contributed by atoms with van der Waals surface area (Å²) < 4.78 is 23.7. The average molecular weight is 517 g/mol. The van der Waals surface area contributed by atoms with E-state index in [2.05, 4.69) is 33.2 Å². The fourth-order valence-electron chi connectivity index (χ4n) is 4.80. The summed E-state index contributed by atoms with van der Waals surface area (Å²) in [6, 6.07) is 0. The van der Waals surface area contributed by atoms with Crippen molar-refractivity contribution in [3.05, 3.63) is 12.2 Å². The Morgan fingerprint density at radius 1 is 0.743 bits per heavy atom. The molecule has 6 heteroatoms. The van der Waals surface area contributed by atoms with Gasteiger partial charge in [0.1, 0.15) is 0 Å². The first kappa shape index (κ1) is 32.8. The van der Waals surface area contributed by atoms with Crippen molar-refractivity contribution in [3.63, 3.8) is 0 Å². The number of phosphoric ester groups is 1. The summed E-state index contributed by atoms with van der Waals surface area (Å²) in [7, 11) is 0.458. The molecule has 208 valence electrons. The summed E-state index contributed by atoms with van der Waals surface area (Å²) in [5, 5.41) is 0. The number of quaternary nitrogens is 1. The smallest absolute Gasteiger partial charge is 0.328 e. The van der Waals surface area contributed by atoms with Crippen molar-refractivity contribution in [2.24, 2.45) is 0 Å². The molecule has 0 aromatic rings. The number of hydrogen-bond donors (Lipinski definition) is 1. The van der Waals surface area contributed by atoms with E-state index < -0.39 is 7.82 Å². The molecule has 0 radical (unpaired) electrons. The lowest BCUT2D eigenvalue weighted by Gasteiger charge is -2.37. The van der Waals surface area contributed by atoms with Gasteiger partial charge in [-0.1, -0.05) is 103 Å². The van der Waals surface area contributed by atoms with Gasteiger partial charge in [0.15, 0.2) is 0 Å². The van der Waals surface area contributed by atoms with Crippen molar-refractivity contribution in [1.82, 2.24) is 0 Å². The van der Waals surface area contributed by atoms with Gasteiger partial charge in [0, 0.05) is 12.8 Å². The molecular formula is C29H59NO4P+. The Hall–Kier alpha value is -0.190. The fourth-order valence-corrected chi connectivity index (χ4v) is 5.81. The third kappa shape index (κ3) is 20.5. The lowest BCUT2D eigenvalue weighted by molar-refractivity contribution is -0.896. The van der Waals surface area contributed by atoms with Crippen LogP contribution in [0.15, 0.2) is 12.2 Å². The SMILES string of the molecule is CCCCCCCCC=CCCCCCCCCCCCCOP(=O)(O)OC1CC[N+](C)(C)CC1. The zero-order chi connectivity index (χ0) is 25.7. The van der Waals surface area contributed by atoms with E-state index in [1.54, 1.807) is 0 Å². The van der Waals surface area contributed by atoms with E-state index in [9.17, 15) is 9.46 Å². The maximum absolute atomic E-state index is 12.1. The van der Waals surface area contributed by atoms with Gasteiger partial charge in [-0.25, -0.2) is 4.57 Å². The molecule has 1 aliphatic rings. The van der Waals surface area contributed by atoms with Crippen LogP contribution in [0.3, 0.4) is 0 Å². The molecule has 0 bridgehead atoms. The summed E-state index contributed by atoms with van der Waals surface area (Å²) in [6.07, 6.45) is 29.5. The molecule has 1 N–H and O–H groups in total. The average Bonchev–Trinajstić information content (AvgIpc) is 2.81. The van der Waals surface area contributed by atoms with E-state index in [4.69, 9.17) is 9.05 Å². The topological polar surface area (TPSA) is 55.8 Å². The normalized spacial score (nSPS) is 18.3. The molecule has 1 unspecified atom stereocenters. The number of phosphoric acid groups is 1. The highest BCUT2D eigenvalue weighted by Gasteiger charge is 2.32. The summed E-state index contributed by atoms with van der Waals surface area (Å²) in [6.45, 7) is 4.54. The summed E-state index contributed by atoms with van der Waals surface area (Å²) >= 11 is 0. The lowest BCUT2D eigenvalue weighted by atomic mass is 10.1. The highest BCUT2D eigenvalue weighted by atomic mass is 31.2. The van der Waals surface area contributed by atoms with E-state index in [0.717, 1.165) is 43.3 Å². The summed E-state index contributed by atoms with van der Waals surface area (Å²) in [5.74, 6) is 0. The molecule has 0 aromatic carbocycles. The van der Waals surface area contributed by atoms with E-state index in [1.165, 1.54) is 103 Å². The van der Waals surface area contributed by atoms with Crippen LogP contribution in [0.4, 0.5) is 0 Å². The number of likely N-dealkylation sites (tertiary alicyclic amines) is 1. The van der Waals surface area contributed by atoms with Crippen molar-refractivity contribution in [2.75, 3.05) is 33.8 Å². The number of unbranched alkanes of at least 4 members (excludes halogenated alkanes) is 16. The Kier molecular flexibility index (Phi) is 19.5. The lowest BCUT2D eigenvalue weighted by Crippen LogP contribution is -2.47. The molecule has 1 fully saturated rings. The van der Waals surface area contributed by atoms with E-state index in [0.29, 0.717) is 6.61 Å². The van der Waals surface area contributed by atoms with Gasteiger partial charge in [0.2, 0.25) is 0 Å². The van der Waals surface area contributed by atoms with Crippen LogP contribution in [-0.2, 0) is 13.6 Å². The van der Waals surface area contributed by atoms with Crippen LogP contribution < -0.4 is 0 Å². The largest absolute Gasteiger partial charge is 0.472 e. The molecule has 1 aliphatic heterocycles. The van der Waals surface area contributed by atoms with Gasteiger partial charge in [-0.15, -0.1) is 0 Å². The zero-order valence-electron chi connectivity index (χ0n) is 23.6. The van der Waals surface area contributed by atoms with Gasteiger partial charge < -0.3 is 9.38 Å². The Bertz CT molecular complexity index is 557. The third-order valence-corrected chi connectivity index (χ3v) is 8.38. The molecule has 5 nitrogen and oxygen atoms in total. The highest BCUT2D eigenvalue weighted by Crippen LogP contribution is 2.46. The van der Waals surface area contributed by atoms with E-state index in [-0.39, 0.29) is 6.10 Å². The van der Waals surface area contributed by atoms with Crippen LogP contribution in [0.5, 0.6) is 0 Å². The van der Waals surface area contributed by atoms with Gasteiger partial charge in [-0.05, 0) is 32.1 Å². The Morgan fingerprint density at radius 2 is 1.17 bits per heavy atom. The maximum Gasteiger partial charge on any atom is 0.472 e. The van der Waals surface area contributed by atoms with Gasteiger partial charge >= 0.3 is 7.82 Å². The molecular weight excluding hydrogens is 457 g/mol. The summed E-state index contributed by atoms with van der Waals surface area (Å²) in [4.78, 5) is 9.96. The molecule has 0 saturated carbocycles. The number of hydrogen-bond acceptors (Lipinski definition) is 3. The second-order valence-corrected chi connectivity index (χ2v) is 12.7. The van der Waals surface area contributed by atoms with Crippen LogP contribution in [0.25, 0.3) is 0 Å². The minimum Gasteiger partial charge on any atom is -0.328 e. The van der Waals surface area contributed by atoms with E-state index in [1.807, 2.05) is 0 Å². The van der Waals surface area contributed by atoms with Crippen molar-refractivity contribution in [1.29, 1.82) is 0 Å². The summed E-state index contributed by atoms with van der Waals surface area (Å²) in [5.41, 5.74) is 0. The molecule has 35 heavy (non-hydrogen) atoms. The van der Waals surface area contributed by atoms with E-state index >= 15 is 0 Å². The third-order valence-electron chi connectivity index (χ3n) is 7.31. The number of allylic oxidation sites excluding steroid dienone is 2. The van der Waals surface area contributed by atoms with Crippen LogP contribution in [0, 0.1) is 0 Å². The quantitative estimate of drug-likeness (QED) is 0.0637. The highest BCUT2D eigenvalue weighted by molar-refractivity contribution is 7.47. The molecule has 0 spiro atoms. The molecule has 0 aromatic heterocycles. The molecule has 1 saturated heterocycles. The van der Waals surface area contributed by atoms with Crippen molar-refractivity contribution >= 4 is 7.82 Å². The van der Waals surface area contributed by atoms with Crippen LogP contribution in [-0.4, -0.2) is 49.3 Å². The van der Waals surface area contributed by atoms with Gasteiger partial charge in [-0.2, -0.15) is 0 Å². The monoisotopic (exact) mass is 516 g/mol. The van der Waals surface area contributed by atoms with Crippen molar-refractivity contribution in [2.45, 2.75) is 141 Å². The van der Waals surface area contributed by atoms with Crippen LogP contribution in [0.1, 0.15) is 135 Å².